The zero-order valence-corrected chi connectivity index (χ0v) is 25.4. The summed E-state index contributed by atoms with van der Waals surface area (Å²) >= 11 is 4.02. The summed E-state index contributed by atoms with van der Waals surface area (Å²) in [6.45, 7) is 4.01. The molecule has 206 valence electrons. The summed E-state index contributed by atoms with van der Waals surface area (Å²) in [6.07, 6.45) is 0. The summed E-state index contributed by atoms with van der Waals surface area (Å²) in [5, 5.41) is 2.00. The van der Waals surface area contributed by atoms with Gasteiger partial charge in [0.2, 0.25) is 0 Å². The van der Waals surface area contributed by atoms with Gasteiger partial charge in [-0.3, -0.25) is 0 Å². The molecule has 8 nitrogen and oxygen atoms in total. The minimum atomic E-state index is -4.79. The molecule has 0 aliphatic rings. The van der Waals surface area contributed by atoms with E-state index in [-0.39, 0.29) is 19.8 Å². The van der Waals surface area contributed by atoms with E-state index in [0.717, 1.165) is 0 Å². The molecule has 3 rings (SSSR count). The van der Waals surface area contributed by atoms with Crippen LogP contribution in [0.15, 0.2) is 96.0 Å². The van der Waals surface area contributed by atoms with E-state index in [2.05, 4.69) is 20.5 Å². The Morgan fingerprint density at radius 3 is 1.34 bits per heavy atom. The Kier molecular flexibility index (Phi) is 9.89. The number of halogens is 1. The number of aliphatic imine (C=N–C) groups is 1. The third-order valence-electron chi connectivity index (χ3n) is 5.52. The molecule has 12 heteroatoms. The first-order chi connectivity index (χ1) is 18.0. The van der Waals surface area contributed by atoms with Gasteiger partial charge in [-0.15, -0.1) is 0 Å². The van der Waals surface area contributed by atoms with Crippen LogP contribution in [0.1, 0.15) is 20.8 Å². The Bertz CT molecular complexity index is 1320. The molecule has 0 spiro atoms. The van der Waals surface area contributed by atoms with Gasteiger partial charge in [-0.25, -0.2) is 0 Å². The number of hydrogen-bond acceptors (Lipinski definition) is 8. The Hall–Kier alpha value is -2.14. The molecule has 0 radical (unpaired) electrons. The quantitative estimate of drug-likeness (QED) is 0.126. The standard InChI is InChI=1S/C26H31BrNO7PS2/c1-4-28-25(26(37(29,30)33-5-2)38(31,32)34-6-3)35-36(27,22-16-10-7-11-17-22,23-18-12-8-13-19-23)24-20-14-9-15-21-24/h7-21,26H,4-6H2,1-3H3. The zero-order valence-electron chi connectivity index (χ0n) is 21.3. The van der Waals surface area contributed by atoms with Crippen molar-refractivity contribution in [1.29, 1.82) is 0 Å². The van der Waals surface area contributed by atoms with Crippen molar-refractivity contribution in [3.63, 3.8) is 0 Å². The SMILES string of the molecule is CCN=C(OP(Br)(c1ccccc1)(c1ccccc1)c1ccccc1)C(S(=O)(=O)OCC)S(=O)(=O)OCC. The van der Waals surface area contributed by atoms with Crippen LogP contribution in [0.2, 0.25) is 0 Å². The average molecular weight is 645 g/mol. The first kappa shape index (κ1) is 30.4. The molecule has 0 unspecified atom stereocenters. The Morgan fingerprint density at radius 2 is 1.05 bits per heavy atom. The van der Waals surface area contributed by atoms with Gasteiger partial charge in [0.1, 0.15) is 0 Å². The molecular weight excluding hydrogens is 613 g/mol. The molecule has 0 saturated heterocycles. The van der Waals surface area contributed by atoms with Crippen molar-refractivity contribution >= 4 is 63.1 Å². The molecule has 0 saturated carbocycles. The molecule has 0 aliphatic carbocycles. The fraction of sp³-hybridized carbons (Fsp3) is 0.269. The van der Waals surface area contributed by atoms with Crippen molar-refractivity contribution < 1.29 is 29.7 Å². The van der Waals surface area contributed by atoms with Crippen molar-refractivity contribution in [3.8, 4) is 0 Å². The minimum absolute atomic E-state index is 0.0347. The summed E-state index contributed by atoms with van der Waals surface area (Å²) in [5.41, 5.74) is -4.28. The predicted octanol–water partition coefficient (Wildman–Crippen LogP) is 4.23. The molecule has 0 atom stereocenters. The molecule has 0 fully saturated rings. The second-order valence-electron chi connectivity index (χ2n) is 7.97. The van der Waals surface area contributed by atoms with Crippen LogP contribution < -0.4 is 15.9 Å². The summed E-state index contributed by atoms with van der Waals surface area (Å²) in [4.78, 5) is 4.31. The van der Waals surface area contributed by atoms with Crippen molar-refractivity contribution in [3.05, 3.63) is 91.0 Å². The maximum atomic E-state index is 13.3. The first-order valence-electron chi connectivity index (χ1n) is 12.0. The van der Waals surface area contributed by atoms with Gasteiger partial charge in [0.25, 0.3) is 0 Å². The molecular formula is C26H31BrNO7PS2. The van der Waals surface area contributed by atoms with Crippen molar-refractivity contribution in [2.75, 3.05) is 19.8 Å². The van der Waals surface area contributed by atoms with E-state index >= 15 is 0 Å². The van der Waals surface area contributed by atoms with Crippen molar-refractivity contribution in [1.82, 2.24) is 0 Å². The van der Waals surface area contributed by atoms with Crippen LogP contribution in [0.5, 0.6) is 0 Å². The second-order valence-corrected chi connectivity index (χ2v) is 19.3. The second kappa shape index (κ2) is 12.4. The molecule has 3 aromatic carbocycles. The normalized spacial score (nSPS) is 14.1. The fourth-order valence-electron chi connectivity index (χ4n) is 4.01. The Morgan fingerprint density at radius 1 is 0.711 bits per heavy atom. The van der Waals surface area contributed by atoms with E-state index < -0.39 is 36.2 Å². The van der Waals surface area contributed by atoms with E-state index in [4.69, 9.17) is 12.9 Å². The molecule has 0 heterocycles. The molecule has 38 heavy (non-hydrogen) atoms. The Balaban J connectivity index is 2.47. The topological polar surface area (TPSA) is 108 Å². The van der Waals surface area contributed by atoms with E-state index in [1.807, 2.05) is 91.0 Å². The summed E-state index contributed by atoms with van der Waals surface area (Å²) in [7, 11) is -9.58. The Labute approximate surface area is 233 Å². The van der Waals surface area contributed by atoms with Crippen LogP contribution >= 0.6 is 21.0 Å². The van der Waals surface area contributed by atoms with Crippen LogP contribution in [0, 0.1) is 0 Å². The van der Waals surface area contributed by atoms with Crippen LogP contribution in [-0.2, 0) is 33.1 Å². The first-order valence-corrected chi connectivity index (χ1v) is 19.1. The van der Waals surface area contributed by atoms with E-state index in [9.17, 15) is 16.8 Å². The predicted molar refractivity (Wildman–Crippen MR) is 158 cm³/mol. The average Bonchev–Trinajstić information content (AvgIpc) is 2.90. The van der Waals surface area contributed by atoms with Crippen LogP contribution in [0.25, 0.3) is 0 Å². The van der Waals surface area contributed by atoms with Gasteiger partial charge in [-0.1, -0.05) is 0 Å². The van der Waals surface area contributed by atoms with Crippen LogP contribution in [-0.4, -0.2) is 47.1 Å². The zero-order chi connectivity index (χ0) is 27.9. The molecule has 0 aromatic heterocycles. The molecule has 3 aromatic rings. The molecule has 0 amide bonds. The maximum absolute atomic E-state index is 13.3. The third-order valence-corrected chi connectivity index (χ3v) is 17.8. The van der Waals surface area contributed by atoms with Gasteiger partial charge < -0.3 is 0 Å². The molecule has 0 N–H and O–H groups in total. The van der Waals surface area contributed by atoms with Crippen LogP contribution in [0.3, 0.4) is 0 Å². The summed E-state index contributed by atoms with van der Waals surface area (Å²) in [6, 6.07) is 27.6. The summed E-state index contributed by atoms with van der Waals surface area (Å²) < 4.78 is 67.7. The van der Waals surface area contributed by atoms with Crippen molar-refractivity contribution in [2.24, 2.45) is 4.99 Å². The van der Waals surface area contributed by atoms with E-state index in [0.29, 0.717) is 15.9 Å². The van der Waals surface area contributed by atoms with E-state index in [1.54, 1.807) is 6.92 Å². The van der Waals surface area contributed by atoms with Crippen LogP contribution in [0.4, 0.5) is 0 Å². The van der Waals surface area contributed by atoms with Gasteiger partial charge in [0, 0.05) is 0 Å². The number of nitrogens with zero attached hydrogens (tertiary/aromatic N) is 1. The van der Waals surface area contributed by atoms with Gasteiger partial charge >= 0.3 is 234 Å². The molecule has 0 bridgehead atoms. The number of hydrogen-bond donors (Lipinski definition) is 0. The number of benzene rings is 3. The van der Waals surface area contributed by atoms with Gasteiger partial charge in [0.15, 0.2) is 0 Å². The monoisotopic (exact) mass is 643 g/mol. The van der Waals surface area contributed by atoms with Crippen molar-refractivity contribution in [2.45, 2.75) is 25.4 Å². The van der Waals surface area contributed by atoms with E-state index in [1.165, 1.54) is 13.8 Å². The van der Waals surface area contributed by atoms with Gasteiger partial charge in [0.05, 0.1) is 0 Å². The van der Waals surface area contributed by atoms with Gasteiger partial charge in [-0.05, 0) is 0 Å². The number of rotatable bonds is 12. The summed E-state index contributed by atoms with van der Waals surface area (Å²) in [5.74, 6) is -0.555. The molecule has 0 aliphatic heterocycles. The fourth-order valence-corrected chi connectivity index (χ4v) is 13.7. The van der Waals surface area contributed by atoms with Gasteiger partial charge in [-0.2, -0.15) is 0 Å². The third kappa shape index (κ3) is 5.88.